The van der Waals surface area contributed by atoms with Crippen molar-refractivity contribution >= 4 is 23.5 Å². The van der Waals surface area contributed by atoms with Crippen molar-refractivity contribution in [1.82, 2.24) is 14.9 Å². The number of fused-ring (bicyclic) bond motifs is 3. The molecule has 0 saturated carbocycles. The van der Waals surface area contributed by atoms with Gasteiger partial charge in [-0.25, -0.2) is 0 Å². The van der Waals surface area contributed by atoms with Crippen LogP contribution < -0.4 is 0 Å². The first-order valence-electron chi connectivity index (χ1n) is 11.1. The van der Waals surface area contributed by atoms with Gasteiger partial charge in [-0.3, -0.25) is 14.6 Å². The van der Waals surface area contributed by atoms with E-state index in [2.05, 4.69) is 29.3 Å². The van der Waals surface area contributed by atoms with Crippen LogP contribution in [-0.2, 0) is 15.3 Å². The molecule has 2 N–H and O–H groups in total. The van der Waals surface area contributed by atoms with Crippen molar-refractivity contribution in [3.05, 3.63) is 76.7 Å². The number of allylic oxidation sites excluding steroid dienone is 1. The number of amides is 1. The predicted molar refractivity (Wildman–Crippen MR) is 125 cm³/mol. The zero-order valence-corrected chi connectivity index (χ0v) is 19.5. The molecule has 8 heteroatoms. The Morgan fingerprint density at radius 1 is 1.09 bits per heavy atom. The summed E-state index contributed by atoms with van der Waals surface area (Å²) in [5.74, 6) is -0.976. The van der Waals surface area contributed by atoms with Gasteiger partial charge < -0.3 is 15.1 Å². The summed E-state index contributed by atoms with van der Waals surface area (Å²) >= 11 is 1.78. The standard InChI is InChI=1S/C25H27N3O4S/c1-15-11-27-22(24(31)23(15)30)25(32)26(16(2)12-29)14-28(27)21-18-8-4-3-7-17(18)13-33-20-10-6-5-9-19(20)21/h3-10,15-16,21,29,31H,11-14H2,1-2H3. The van der Waals surface area contributed by atoms with E-state index in [9.17, 15) is 19.8 Å². The molecule has 0 radical (unpaired) electrons. The van der Waals surface area contributed by atoms with Gasteiger partial charge in [-0.05, 0) is 29.7 Å². The number of hydrogen-bond acceptors (Lipinski definition) is 7. The van der Waals surface area contributed by atoms with E-state index in [1.807, 2.05) is 24.3 Å². The van der Waals surface area contributed by atoms with Crippen LogP contribution in [0.25, 0.3) is 0 Å². The molecule has 1 amide bonds. The summed E-state index contributed by atoms with van der Waals surface area (Å²) in [4.78, 5) is 28.7. The normalized spacial score (nSPS) is 24.2. The second-order valence-corrected chi connectivity index (χ2v) is 9.88. The number of hydrogen-bond donors (Lipinski definition) is 2. The molecule has 1 saturated heterocycles. The first-order chi connectivity index (χ1) is 15.9. The van der Waals surface area contributed by atoms with Crippen molar-refractivity contribution in [3.8, 4) is 0 Å². The lowest BCUT2D eigenvalue weighted by atomic mass is 9.93. The van der Waals surface area contributed by atoms with E-state index < -0.39 is 29.4 Å². The van der Waals surface area contributed by atoms with E-state index in [-0.39, 0.29) is 25.0 Å². The summed E-state index contributed by atoms with van der Waals surface area (Å²) in [6, 6.07) is 15.8. The minimum Gasteiger partial charge on any atom is -0.503 e. The van der Waals surface area contributed by atoms with Crippen molar-refractivity contribution in [2.75, 3.05) is 19.8 Å². The van der Waals surface area contributed by atoms with Gasteiger partial charge in [0.05, 0.1) is 25.4 Å². The van der Waals surface area contributed by atoms with Gasteiger partial charge in [0.2, 0.25) is 5.78 Å². The summed E-state index contributed by atoms with van der Waals surface area (Å²) in [5, 5.41) is 24.5. The molecule has 3 aliphatic rings. The molecule has 1 fully saturated rings. The monoisotopic (exact) mass is 465 g/mol. The zero-order valence-electron chi connectivity index (χ0n) is 18.6. The highest BCUT2D eigenvalue weighted by atomic mass is 32.2. The summed E-state index contributed by atoms with van der Waals surface area (Å²) in [5.41, 5.74) is 3.45. The van der Waals surface area contributed by atoms with Gasteiger partial charge in [0.15, 0.2) is 11.5 Å². The van der Waals surface area contributed by atoms with Crippen molar-refractivity contribution < 1.29 is 19.8 Å². The minimum absolute atomic E-state index is 0.00323. The lowest BCUT2D eigenvalue weighted by Crippen LogP contribution is -2.64. The first-order valence-corrected chi connectivity index (χ1v) is 12.1. The number of rotatable bonds is 3. The maximum Gasteiger partial charge on any atom is 0.276 e. The number of hydrazine groups is 1. The van der Waals surface area contributed by atoms with Gasteiger partial charge in [-0.1, -0.05) is 49.4 Å². The van der Waals surface area contributed by atoms with Crippen LogP contribution in [0.15, 0.2) is 64.9 Å². The molecule has 33 heavy (non-hydrogen) atoms. The average molecular weight is 466 g/mol. The molecule has 0 bridgehead atoms. The van der Waals surface area contributed by atoms with Crippen LogP contribution in [0, 0.1) is 5.92 Å². The predicted octanol–water partition coefficient (Wildman–Crippen LogP) is 3.07. The van der Waals surface area contributed by atoms with Crippen LogP contribution >= 0.6 is 11.8 Å². The largest absolute Gasteiger partial charge is 0.503 e. The van der Waals surface area contributed by atoms with Gasteiger partial charge in [0, 0.05) is 23.1 Å². The van der Waals surface area contributed by atoms with Crippen LogP contribution in [0.2, 0.25) is 0 Å². The molecule has 3 atom stereocenters. The third-order valence-electron chi connectivity index (χ3n) is 6.72. The Kier molecular flexibility index (Phi) is 5.68. The van der Waals surface area contributed by atoms with E-state index >= 15 is 0 Å². The van der Waals surface area contributed by atoms with Crippen molar-refractivity contribution in [1.29, 1.82) is 0 Å². The van der Waals surface area contributed by atoms with E-state index in [1.54, 1.807) is 30.6 Å². The van der Waals surface area contributed by atoms with E-state index in [1.165, 1.54) is 10.5 Å². The van der Waals surface area contributed by atoms with Gasteiger partial charge in [-0.2, -0.15) is 5.01 Å². The maximum atomic E-state index is 13.4. The van der Waals surface area contributed by atoms with E-state index in [0.29, 0.717) is 6.54 Å². The molecule has 0 aromatic heterocycles. The van der Waals surface area contributed by atoms with Crippen LogP contribution in [-0.4, -0.2) is 62.7 Å². The second-order valence-electron chi connectivity index (χ2n) is 8.86. The van der Waals surface area contributed by atoms with Gasteiger partial charge >= 0.3 is 0 Å². The topological polar surface area (TPSA) is 84.3 Å². The number of carbonyl (C=O) groups excluding carboxylic acids is 2. The smallest absolute Gasteiger partial charge is 0.276 e. The van der Waals surface area contributed by atoms with Crippen LogP contribution in [0.3, 0.4) is 0 Å². The molecule has 5 rings (SSSR count). The van der Waals surface area contributed by atoms with Gasteiger partial charge in [-0.15, -0.1) is 11.8 Å². The molecule has 172 valence electrons. The SMILES string of the molecule is CC1CN2C(=C(O)C1=O)C(=O)N(C(C)CO)CN2C1c2ccccc2CSc2ccccc21. The Morgan fingerprint density at radius 2 is 1.79 bits per heavy atom. The van der Waals surface area contributed by atoms with Crippen molar-refractivity contribution in [3.63, 3.8) is 0 Å². The summed E-state index contributed by atoms with van der Waals surface area (Å²) < 4.78 is 0. The number of benzene rings is 2. The fourth-order valence-corrected chi connectivity index (χ4v) is 5.95. The molecular formula is C25H27N3O4S. The number of thioether (sulfide) groups is 1. The maximum absolute atomic E-state index is 13.4. The summed E-state index contributed by atoms with van der Waals surface area (Å²) in [6.07, 6.45) is 0. The average Bonchev–Trinajstić information content (AvgIpc) is 2.99. The molecule has 7 nitrogen and oxygen atoms in total. The minimum atomic E-state index is -0.497. The Hall–Kier alpha value is -2.81. The Morgan fingerprint density at radius 3 is 2.55 bits per heavy atom. The molecule has 3 aliphatic heterocycles. The third kappa shape index (κ3) is 3.53. The highest BCUT2D eigenvalue weighted by Crippen LogP contribution is 2.45. The molecular weight excluding hydrogens is 438 g/mol. The van der Waals surface area contributed by atoms with Crippen LogP contribution in [0.4, 0.5) is 0 Å². The van der Waals surface area contributed by atoms with Crippen molar-refractivity contribution in [2.24, 2.45) is 5.92 Å². The molecule has 0 aliphatic carbocycles. The highest BCUT2D eigenvalue weighted by Gasteiger charge is 2.47. The fraction of sp³-hybridized carbons (Fsp3) is 0.360. The van der Waals surface area contributed by atoms with Crippen LogP contribution in [0.1, 0.15) is 36.6 Å². The Labute approximate surface area is 197 Å². The summed E-state index contributed by atoms with van der Waals surface area (Å²) in [7, 11) is 0. The van der Waals surface area contributed by atoms with Crippen LogP contribution in [0.5, 0.6) is 0 Å². The molecule has 2 aromatic rings. The number of aliphatic hydroxyl groups is 2. The molecule has 0 spiro atoms. The van der Waals surface area contributed by atoms with Gasteiger partial charge in [0.25, 0.3) is 5.91 Å². The first kappa shape index (κ1) is 22.0. The lowest BCUT2D eigenvalue weighted by Gasteiger charge is -2.52. The Balaban J connectivity index is 1.72. The highest BCUT2D eigenvalue weighted by molar-refractivity contribution is 7.98. The Bertz CT molecular complexity index is 1100. The number of nitrogens with zero attached hydrogens (tertiary/aromatic N) is 3. The molecule has 3 unspecified atom stereocenters. The second kappa shape index (κ2) is 8.52. The lowest BCUT2D eigenvalue weighted by molar-refractivity contribution is -0.166. The summed E-state index contributed by atoms with van der Waals surface area (Å²) in [6.45, 7) is 3.86. The number of Topliss-reactive ketones (excluding diaryl/α,β-unsaturated/α-hetero) is 1. The number of aliphatic hydroxyl groups excluding tert-OH is 2. The zero-order chi connectivity index (χ0) is 23.3. The van der Waals surface area contributed by atoms with E-state index in [0.717, 1.165) is 21.8 Å². The number of ketones is 1. The number of carbonyl (C=O) groups is 2. The third-order valence-corrected chi connectivity index (χ3v) is 7.86. The quantitative estimate of drug-likeness (QED) is 0.721. The van der Waals surface area contributed by atoms with E-state index in [4.69, 9.17) is 0 Å². The molecule has 2 aromatic carbocycles. The molecule has 3 heterocycles. The van der Waals surface area contributed by atoms with Crippen molar-refractivity contribution in [2.45, 2.75) is 36.6 Å². The fourth-order valence-electron chi connectivity index (χ4n) is 4.86. The van der Waals surface area contributed by atoms with Gasteiger partial charge in [0.1, 0.15) is 0 Å².